The number of hydrogen-bond donors (Lipinski definition) is 0. The number of nitrogens with zero attached hydrogens (tertiary/aromatic N) is 2. The van der Waals surface area contributed by atoms with Crippen molar-refractivity contribution in [2.24, 2.45) is 0 Å². The maximum absolute atomic E-state index is 13.2. The van der Waals surface area contributed by atoms with Gasteiger partial charge in [0.2, 0.25) is 0 Å². The standard InChI is InChI=1S/C14H14BrFN2O/c1-2-5-17-6-8-18(9-7-17)14(19)12-10-11(16)3-4-13(12)15/h1,3-4,10H,5-9H2. The quantitative estimate of drug-likeness (QED) is 0.777. The Morgan fingerprint density at radius 1 is 1.37 bits per heavy atom. The second kappa shape index (κ2) is 6.18. The maximum Gasteiger partial charge on any atom is 0.255 e. The molecule has 1 aromatic carbocycles. The molecule has 1 fully saturated rings. The van der Waals surface area contributed by atoms with Gasteiger partial charge in [0.1, 0.15) is 5.82 Å². The molecule has 1 aliphatic rings. The van der Waals surface area contributed by atoms with E-state index in [4.69, 9.17) is 6.42 Å². The van der Waals surface area contributed by atoms with Gasteiger partial charge in [0.05, 0.1) is 12.1 Å². The summed E-state index contributed by atoms with van der Waals surface area (Å²) in [6.45, 7) is 3.34. The summed E-state index contributed by atoms with van der Waals surface area (Å²) in [6, 6.07) is 4.14. The third-order valence-electron chi connectivity index (χ3n) is 3.13. The molecule has 1 heterocycles. The van der Waals surface area contributed by atoms with Gasteiger partial charge in [-0.3, -0.25) is 9.69 Å². The number of halogens is 2. The van der Waals surface area contributed by atoms with Crippen LogP contribution in [0, 0.1) is 18.2 Å². The number of piperazine rings is 1. The minimum atomic E-state index is -0.405. The van der Waals surface area contributed by atoms with Crippen LogP contribution in [0.1, 0.15) is 10.4 Å². The zero-order valence-corrected chi connectivity index (χ0v) is 12.0. The average molecular weight is 325 g/mol. The predicted octanol–water partition coefficient (Wildman–Crippen LogP) is 1.98. The fourth-order valence-corrected chi connectivity index (χ4v) is 2.49. The van der Waals surface area contributed by atoms with Crippen molar-refractivity contribution in [1.29, 1.82) is 0 Å². The van der Waals surface area contributed by atoms with E-state index in [1.54, 1.807) is 11.0 Å². The number of amides is 1. The van der Waals surface area contributed by atoms with E-state index in [1.807, 2.05) is 0 Å². The first kappa shape index (κ1) is 14.0. The molecule has 0 spiro atoms. The van der Waals surface area contributed by atoms with E-state index >= 15 is 0 Å². The van der Waals surface area contributed by atoms with Crippen molar-refractivity contribution in [1.82, 2.24) is 9.80 Å². The second-order valence-corrected chi connectivity index (χ2v) is 5.25. The first-order valence-electron chi connectivity index (χ1n) is 6.02. The summed E-state index contributed by atoms with van der Waals surface area (Å²) in [7, 11) is 0. The van der Waals surface area contributed by atoms with Crippen LogP contribution in [0.15, 0.2) is 22.7 Å². The molecule has 0 radical (unpaired) electrons. The Kier molecular flexibility index (Phi) is 4.56. The van der Waals surface area contributed by atoms with Gasteiger partial charge < -0.3 is 4.90 Å². The Morgan fingerprint density at radius 2 is 2.05 bits per heavy atom. The van der Waals surface area contributed by atoms with E-state index in [1.165, 1.54) is 12.1 Å². The third kappa shape index (κ3) is 3.34. The number of carbonyl (C=O) groups excluding carboxylic acids is 1. The molecule has 1 amide bonds. The van der Waals surface area contributed by atoms with Gasteiger partial charge in [-0.25, -0.2) is 4.39 Å². The lowest BCUT2D eigenvalue weighted by molar-refractivity contribution is 0.0651. The van der Waals surface area contributed by atoms with Crippen molar-refractivity contribution in [2.45, 2.75) is 0 Å². The van der Waals surface area contributed by atoms with E-state index in [2.05, 4.69) is 26.8 Å². The van der Waals surface area contributed by atoms with Gasteiger partial charge in [0.15, 0.2) is 0 Å². The largest absolute Gasteiger partial charge is 0.336 e. The van der Waals surface area contributed by atoms with Crippen LogP contribution in [0.2, 0.25) is 0 Å². The summed E-state index contributed by atoms with van der Waals surface area (Å²) in [5, 5.41) is 0. The highest BCUT2D eigenvalue weighted by Gasteiger charge is 2.23. The maximum atomic E-state index is 13.2. The number of benzene rings is 1. The number of rotatable bonds is 2. The summed E-state index contributed by atoms with van der Waals surface area (Å²) in [5.74, 6) is 2.04. The SMILES string of the molecule is C#CCN1CCN(C(=O)c2cc(F)ccc2Br)CC1. The summed E-state index contributed by atoms with van der Waals surface area (Å²) in [5.41, 5.74) is 0.366. The molecule has 0 N–H and O–H groups in total. The lowest BCUT2D eigenvalue weighted by Crippen LogP contribution is -2.48. The lowest BCUT2D eigenvalue weighted by Gasteiger charge is -2.33. The van der Waals surface area contributed by atoms with Crippen molar-refractivity contribution in [2.75, 3.05) is 32.7 Å². The van der Waals surface area contributed by atoms with E-state index in [0.29, 0.717) is 29.7 Å². The van der Waals surface area contributed by atoms with Crippen LogP contribution in [0.4, 0.5) is 4.39 Å². The molecule has 1 aliphatic heterocycles. The van der Waals surface area contributed by atoms with Gasteiger partial charge in [0, 0.05) is 30.7 Å². The van der Waals surface area contributed by atoms with E-state index < -0.39 is 5.82 Å². The molecule has 0 aliphatic carbocycles. The van der Waals surface area contributed by atoms with Crippen molar-refractivity contribution in [3.8, 4) is 12.3 Å². The highest BCUT2D eigenvalue weighted by atomic mass is 79.9. The minimum absolute atomic E-state index is 0.147. The molecule has 2 rings (SSSR count). The molecule has 19 heavy (non-hydrogen) atoms. The topological polar surface area (TPSA) is 23.6 Å². The van der Waals surface area contributed by atoms with E-state index in [0.717, 1.165) is 13.1 Å². The lowest BCUT2D eigenvalue weighted by atomic mass is 10.1. The smallest absolute Gasteiger partial charge is 0.255 e. The number of terminal acetylenes is 1. The summed E-state index contributed by atoms with van der Waals surface area (Å²) in [4.78, 5) is 16.2. The minimum Gasteiger partial charge on any atom is -0.336 e. The highest BCUT2D eigenvalue weighted by Crippen LogP contribution is 2.20. The first-order valence-corrected chi connectivity index (χ1v) is 6.81. The molecular formula is C14H14BrFN2O. The Balaban J connectivity index is 2.05. The van der Waals surface area contributed by atoms with Crippen LogP contribution < -0.4 is 0 Å². The van der Waals surface area contributed by atoms with Gasteiger partial charge in [-0.1, -0.05) is 5.92 Å². The average Bonchev–Trinajstić information content (AvgIpc) is 2.42. The number of carbonyl (C=O) groups is 1. The normalized spacial score (nSPS) is 16.2. The molecule has 0 bridgehead atoms. The second-order valence-electron chi connectivity index (χ2n) is 4.40. The highest BCUT2D eigenvalue weighted by molar-refractivity contribution is 9.10. The number of hydrogen-bond acceptors (Lipinski definition) is 2. The van der Waals surface area contributed by atoms with Gasteiger partial charge in [-0.05, 0) is 34.1 Å². The molecule has 0 unspecified atom stereocenters. The molecule has 100 valence electrons. The molecular weight excluding hydrogens is 311 g/mol. The van der Waals surface area contributed by atoms with Crippen molar-refractivity contribution in [3.05, 3.63) is 34.1 Å². The van der Waals surface area contributed by atoms with Gasteiger partial charge in [-0.2, -0.15) is 0 Å². The predicted molar refractivity (Wildman–Crippen MR) is 75.3 cm³/mol. The zero-order chi connectivity index (χ0) is 13.8. The van der Waals surface area contributed by atoms with Gasteiger partial charge >= 0.3 is 0 Å². The summed E-state index contributed by atoms with van der Waals surface area (Å²) >= 11 is 3.28. The van der Waals surface area contributed by atoms with E-state index in [-0.39, 0.29) is 5.91 Å². The summed E-state index contributed by atoms with van der Waals surface area (Å²) in [6.07, 6.45) is 5.26. The van der Waals surface area contributed by atoms with Gasteiger partial charge in [0.25, 0.3) is 5.91 Å². The fourth-order valence-electron chi connectivity index (χ4n) is 2.07. The van der Waals surface area contributed by atoms with Crippen LogP contribution in [0.5, 0.6) is 0 Å². The Hall–Kier alpha value is -1.38. The third-order valence-corrected chi connectivity index (χ3v) is 3.82. The molecule has 5 heteroatoms. The Labute approximate surface area is 120 Å². The molecule has 1 aromatic rings. The van der Waals surface area contributed by atoms with Crippen LogP contribution in [-0.4, -0.2) is 48.4 Å². The molecule has 0 saturated carbocycles. The molecule has 1 saturated heterocycles. The Bertz CT molecular complexity index is 519. The molecule has 0 atom stereocenters. The zero-order valence-electron chi connectivity index (χ0n) is 10.4. The monoisotopic (exact) mass is 324 g/mol. The van der Waals surface area contributed by atoms with E-state index in [9.17, 15) is 9.18 Å². The van der Waals surface area contributed by atoms with Crippen LogP contribution in [0.25, 0.3) is 0 Å². The van der Waals surface area contributed by atoms with Crippen LogP contribution in [0.3, 0.4) is 0 Å². The molecule has 3 nitrogen and oxygen atoms in total. The fraction of sp³-hybridized carbons (Fsp3) is 0.357. The van der Waals surface area contributed by atoms with Crippen LogP contribution in [-0.2, 0) is 0 Å². The summed E-state index contributed by atoms with van der Waals surface area (Å²) < 4.78 is 13.8. The van der Waals surface area contributed by atoms with Gasteiger partial charge in [-0.15, -0.1) is 6.42 Å². The Morgan fingerprint density at radius 3 is 2.68 bits per heavy atom. The van der Waals surface area contributed by atoms with Crippen molar-refractivity contribution >= 4 is 21.8 Å². The van der Waals surface area contributed by atoms with Crippen LogP contribution >= 0.6 is 15.9 Å². The first-order chi connectivity index (χ1) is 9.11. The van der Waals surface area contributed by atoms with Crippen molar-refractivity contribution < 1.29 is 9.18 Å². The molecule has 0 aromatic heterocycles. The van der Waals surface area contributed by atoms with Crippen molar-refractivity contribution in [3.63, 3.8) is 0 Å².